The van der Waals surface area contributed by atoms with E-state index >= 15 is 0 Å². The molecular weight excluding hydrogens is 490 g/mol. The highest BCUT2D eigenvalue weighted by molar-refractivity contribution is 5.69. The van der Waals surface area contributed by atoms with E-state index in [1.165, 1.54) is 89.9 Å². The number of nitrogens with zero attached hydrogens (tertiary/aromatic N) is 1. The number of fused-ring (bicyclic) bond motifs is 5. The van der Waals surface area contributed by atoms with Crippen molar-refractivity contribution in [1.82, 2.24) is 0 Å². The normalized spacial score (nSPS) is 35.4. The number of allylic oxidation sites excluding steroid dienone is 1. The molecule has 0 aromatic rings. The van der Waals surface area contributed by atoms with Crippen molar-refractivity contribution >= 4 is 5.97 Å². The van der Waals surface area contributed by atoms with Crippen LogP contribution in [0, 0.1) is 58.2 Å². The summed E-state index contributed by atoms with van der Waals surface area (Å²) in [6.45, 7) is 18.4. The molecule has 3 fully saturated rings. The number of unbranched alkanes of at least 4 members (excludes halogenated alkanes) is 5. The van der Waals surface area contributed by atoms with Crippen molar-refractivity contribution in [3.63, 3.8) is 0 Å². The van der Waals surface area contributed by atoms with Crippen molar-refractivity contribution in [3.05, 3.63) is 11.6 Å². The molecule has 0 spiro atoms. The molecule has 228 valence electrons. The van der Waals surface area contributed by atoms with Crippen LogP contribution in [0.5, 0.6) is 0 Å². The van der Waals surface area contributed by atoms with E-state index < -0.39 is 0 Å². The highest BCUT2D eigenvalue weighted by atomic mass is 16.5. The fraction of sp³-hybridized carbons (Fsp3) is 0.892. The third-order valence-corrected chi connectivity index (χ3v) is 12.3. The molecule has 0 amide bonds. The summed E-state index contributed by atoms with van der Waals surface area (Å²) in [6.07, 6.45) is 25.3. The Morgan fingerprint density at radius 1 is 0.950 bits per heavy atom. The van der Waals surface area contributed by atoms with Gasteiger partial charge >= 0.3 is 5.97 Å². The Morgan fingerprint density at radius 2 is 1.68 bits per heavy atom. The van der Waals surface area contributed by atoms with Crippen LogP contribution in [0.3, 0.4) is 0 Å². The molecule has 0 saturated heterocycles. The molecule has 0 heterocycles. The minimum absolute atomic E-state index is 0.0522. The maximum atomic E-state index is 12.6. The molecule has 0 radical (unpaired) electrons. The third-order valence-electron chi connectivity index (χ3n) is 12.3. The molecule has 1 unspecified atom stereocenters. The van der Waals surface area contributed by atoms with E-state index in [2.05, 4.69) is 54.2 Å². The number of carbonyl (C=O) groups is 1. The summed E-state index contributed by atoms with van der Waals surface area (Å²) in [5, 5.41) is 6.50. The molecule has 0 bridgehead atoms. The second kappa shape index (κ2) is 15.3. The Morgan fingerprint density at radius 3 is 2.40 bits per heavy atom. The second-order valence-electron chi connectivity index (χ2n) is 15.2. The highest BCUT2D eigenvalue weighted by Gasteiger charge is 2.59. The Kier molecular flexibility index (Phi) is 12.7. The summed E-state index contributed by atoms with van der Waals surface area (Å²) >= 11 is 0. The Hall–Kier alpha value is -1.30. The van der Waals surface area contributed by atoms with Gasteiger partial charge in [-0.15, -0.1) is 0 Å². The lowest BCUT2D eigenvalue weighted by Gasteiger charge is -2.58. The minimum atomic E-state index is 0.0522. The summed E-state index contributed by atoms with van der Waals surface area (Å²) in [4.78, 5) is 12.6. The standard InChI is InChI=1S/C36H62O2.CHN/c1-7-8-9-10-11-12-16-34(37)38-29-21-23-35(5)28(25-29)17-18-30-32-20-19-31(27(4)15-13-14-26(2)3)36(32,6)24-22-33(30)35;1-2/h17,26-27,29-33H,7-16,18-25H2,1-6H3;1H/t27?,29-,30-,31+,32-,33-,35-,36+;/m0./s1. The van der Waals surface area contributed by atoms with Crippen molar-refractivity contribution in [2.75, 3.05) is 0 Å². The van der Waals surface area contributed by atoms with Gasteiger partial charge in [0, 0.05) is 19.4 Å². The molecule has 3 heteroatoms. The number of nitriles is 1. The van der Waals surface area contributed by atoms with E-state index in [4.69, 9.17) is 10.00 Å². The fourth-order valence-electron chi connectivity index (χ4n) is 10.0. The van der Waals surface area contributed by atoms with Gasteiger partial charge in [0.2, 0.25) is 0 Å². The minimum Gasteiger partial charge on any atom is -0.462 e. The molecule has 40 heavy (non-hydrogen) atoms. The smallest absolute Gasteiger partial charge is 0.306 e. The molecule has 0 aromatic carbocycles. The van der Waals surface area contributed by atoms with Crippen molar-refractivity contribution in [3.8, 4) is 6.57 Å². The van der Waals surface area contributed by atoms with Gasteiger partial charge in [0.05, 0.1) is 0 Å². The highest BCUT2D eigenvalue weighted by Crippen LogP contribution is 2.67. The van der Waals surface area contributed by atoms with Gasteiger partial charge in [0.25, 0.3) is 0 Å². The lowest BCUT2D eigenvalue weighted by Crippen LogP contribution is -2.51. The van der Waals surface area contributed by atoms with Crippen LogP contribution >= 0.6 is 0 Å². The van der Waals surface area contributed by atoms with E-state index in [0.717, 1.165) is 54.8 Å². The van der Waals surface area contributed by atoms with Crippen LogP contribution in [0.1, 0.15) is 157 Å². The second-order valence-corrected chi connectivity index (χ2v) is 15.2. The summed E-state index contributed by atoms with van der Waals surface area (Å²) in [5.74, 6) is 5.34. The van der Waals surface area contributed by atoms with Gasteiger partial charge in [0.15, 0.2) is 0 Å². The molecule has 3 nitrogen and oxygen atoms in total. The van der Waals surface area contributed by atoms with Crippen LogP contribution in [0.4, 0.5) is 0 Å². The maximum Gasteiger partial charge on any atom is 0.306 e. The zero-order valence-electron chi connectivity index (χ0n) is 27.2. The number of carbonyl (C=O) groups excluding carboxylic acids is 1. The van der Waals surface area contributed by atoms with Crippen molar-refractivity contribution < 1.29 is 9.53 Å². The summed E-state index contributed by atoms with van der Waals surface area (Å²) in [5.41, 5.74) is 2.54. The van der Waals surface area contributed by atoms with Gasteiger partial charge in [-0.2, -0.15) is 0 Å². The van der Waals surface area contributed by atoms with Crippen molar-refractivity contribution in [2.24, 2.45) is 46.3 Å². The number of rotatable bonds is 13. The topological polar surface area (TPSA) is 50.1 Å². The summed E-state index contributed by atoms with van der Waals surface area (Å²) in [7, 11) is 0. The summed E-state index contributed by atoms with van der Waals surface area (Å²) in [6, 6.07) is 0. The fourth-order valence-corrected chi connectivity index (χ4v) is 10.0. The Balaban J connectivity index is 0.00000216. The van der Waals surface area contributed by atoms with Crippen LogP contribution < -0.4 is 0 Å². The van der Waals surface area contributed by atoms with E-state index in [1.54, 1.807) is 5.57 Å². The Bertz CT molecular complexity index is 844. The molecule has 3 saturated carbocycles. The zero-order valence-corrected chi connectivity index (χ0v) is 27.2. The molecule has 4 aliphatic rings. The summed E-state index contributed by atoms with van der Waals surface area (Å²) < 4.78 is 6.04. The molecule has 4 aliphatic carbocycles. The average Bonchev–Trinajstić information content (AvgIpc) is 3.29. The SMILES string of the molecule is C#N.CCCCCCCCC(=O)O[C@H]1CC[C@@]2(C)C(=CC[C@H]3[C@@H]4CC[C@H](C(C)CCCC(C)C)[C@@]4(C)CC[C@@H]32)C1. The Labute approximate surface area is 248 Å². The maximum absolute atomic E-state index is 12.6. The predicted octanol–water partition coefficient (Wildman–Crippen LogP) is 10.8. The van der Waals surface area contributed by atoms with Gasteiger partial charge < -0.3 is 4.74 Å². The molecule has 0 aliphatic heterocycles. The van der Waals surface area contributed by atoms with Crippen LogP contribution in [-0.4, -0.2) is 12.1 Å². The average molecular weight is 554 g/mol. The van der Waals surface area contributed by atoms with Crippen LogP contribution in [-0.2, 0) is 9.53 Å². The molecular formula is C37H63NO2. The van der Waals surface area contributed by atoms with Gasteiger partial charge in [-0.05, 0) is 97.7 Å². The first-order chi connectivity index (χ1) is 19.2. The lowest BCUT2D eigenvalue weighted by molar-refractivity contribution is -0.151. The van der Waals surface area contributed by atoms with Crippen molar-refractivity contribution in [2.45, 2.75) is 163 Å². The number of ether oxygens (including phenoxy) is 1. The van der Waals surface area contributed by atoms with Crippen LogP contribution in [0.15, 0.2) is 11.6 Å². The zero-order chi connectivity index (χ0) is 29.3. The van der Waals surface area contributed by atoms with Gasteiger partial charge in [0.1, 0.15) is 6.10 Å². The van der Waals surface area contributed by atoms with E-state index in [0.29, 0.717) is 17.3 Å². The predicted molar refractivity (Wildman–Crippen MR) is 168 cm³/mol. The van der Waals surface area contributed by atoms with E-state index in [1.807, 2.05) is 0 Å². The van der Waals surface area contributed by atoms with Crippen LogP contribution in [0.25, 0.3) is 0 Å². The first-order valence-electron chi connectivity index (χ1n) is 17.3. The van der Waals surface area contributed by atoms with Gasteiger partial charge in [-0.25, -0.2) is 5.26 Å². The van der Waals surface area contributed by atoms with Gasteiger partial charge in [-0.3, -0.25) is 4.79 Å². The molecule has 0 N–H and O–H groups in total. The monoisotopic (exact) mass is 553 g/mol. The third kappa shape index (κ3) is 7.55. The largest absolute Gasteiger partial charge is 0.462 e. The first kappa shape index (κ1) is 33.2. The van der Waals surface area contributed by atoms with Gasteiger partial charge in [-0.1, -0.05) is 105 Å². The van der Waals surface area contributed by atoms with Crippen molar-refractivity contribution in [1.29, 1.82) is 5.26 Å². The molecule has 4 rings (SSSR count). The van der Waals surface area contributed by atoms with Crippen LogP contribution in [0.2, 0.25) is 0 Å². The number of esters is 1. The lowest BCUT2D eigenvalue weighted by atomic mass is 9.47. The first-order valence-corrected chi connectivity index (χ1v) is 17.3. The molecule has 0 aromatic heterocycles. The number of hydrogen-bond donors (Lipinski definition) is 0. The quantitative estimate of drug-likeness (QED) is 0.129. The molecule has 8 atom stereocenters. The number of hydrogen-bond acceptors (Lipinski definition) is 3. The van der Waals surface area contributed by atoms with E-state index in [9.17, 15) is 4.79 Å². The van der Waals surface area contributed by atoms with E-state index in [-0.39, 0.29) is 12.1 Å².